The molecule has 0 bridgehead atoms. The maximum absolute atomic E-state index is 13.1. The summed E-state index contributed by atoms with van der Waals surface area (Å²) in [6, 6.07) is 12.3. The summed E-state index contributed by atoms with van der Waals surface area (Å²) in [6.45, 7) is 10.4. The van der Waals surface area contributed by atoms with Crippen LogP contribution in [0.5, 0.6) is 0 Å². The summed E-state index contributed by atoms with van der Waals surface area (Å²) in [4.78, 5) is 29.0. The lowest BCUT2D eigenvalue weighted by Crippen LogP contribution is -2.48. The molecule has 3 heterocycles. The lowest BCUT2D eigenvalue weighted by Gasteiger charge is -2.35. The zero-order valence-corrected chi connectivity index (χ0v) is 17.5. The Morgan fingerprint density at radius 3 is 2.55 bits per heavy atom. The second-order valence-electron chi connectivity index (χ2n) is 8.44. The molecule has 2 aliphatic rings. The third-order valence-electron chi connectivity index (χ3n) is 5.91. The van der Waals surface area contributed by atoms with Gasteiger partial charge in [-0.15, -0.1) is 0 Å². The molecule has 154 valence electrons. The van der Waals surface area contributed by atoms with Crippen molar-refractivity contribution in [3.63, 3.8) is 0 Å². The van der Waals surface area contributed by atoms with Crippen molar-refractivity contribution in [2.24, 2.45) is 5.92 Å². The van der Waals surface area contributed by atoms with Crippen LogP contribution in [0.15, 0.2) is 36.4 Å². The average molecular weight is 394 g/mol. The first kappa shape index (κ1) is 19.8. The number of nitrogens with zero attached hydrogens (tertiary/aromatic N) is 5. The molecule has 2 aliphatic heterocycles. The highest BCUT2D eigenvalue weighted by molar-refractivity contribution is 5.92. The Kier molecular flexibility index (Phi) is 6.09. The Morgan fingerprint density at radius 1 is 1.07 bits per heavy atom. The monoisotopic (exact) mass is 393 g/mol. The van der Waals surface area contributed by atoms with Crippen LogP contribution in [0.25, 0.3) is 0 Å². The molecule has 1 unspecified atom stereocenters. The molecule has 2 aromatic rings. The van der Waals surface area contributed by atoms with E-state index in [9.17, 15) is 4.79 Å². The van der Waals surface area contributed by atoms with Crippen molar-refractivity contribution in [1.29, 1.82) is 0 Å². The minimum absolute atomic E-state index is 0.0289. The first-order chi connectivity index (χ1) is 14.1. The van der Waals surface area contributed by atoms with Gasteiger partial charge in [-0.05, 0) is 37.3 Å². The summed E-state index contributed by atoms with van der Waals surface area (Å²) in [7, 11) is 0. The molecule has 6 nitrogen and oxygen atoms in total. The smallest absolute Gasteiger partial charge is 0.272 e. The number of amides is 1. The van der Waals surface area contributed by atoms with Crippen molar-refractivity contribution < 1.29 is 4.79 Å². The lowest BCUT2D eigenvalue weighted by molar-refractivity contribution is 0.0622. The van der Waals surface area contributed by atoms with Crippen LogP contribution in [-0.2, 0) is 6.54 Å². The normalized spacial score (nSPS) is 20.7. The third kappa shape index (κ3) is 4.93. The van der Waals surface area contributed by atoms with E-state index >= 15 is 0 Å². The predicted molar refractivity (Wildman–Crippen MR) is 115 cm³/mol. The van der Waals surface area contributed by atoms with Crippen LogP contribution in [0.3, 0.4) is 0 Å². The van der Waals surface area contributed by atoms with E-state index in [2.05, 4.69) is 51.0 Å². The van der Waals surface area contributed by atoms with Crippen molar-refractivity contribution in [1.82, 2.24) is 19.8 Å². The molecule has 1 atom stereocenters. The van der Waals surface area contributed by atoms with E-state index in [0.717, 1.165) is 57.9 Å². The highest BCUT2D eigenvalue weighted by Crippen LogP contribution is 2.21. The van der Waals surface area contributed by atoms with Crippen molar-refractivity contribution >= 4 is 11.9 Å². The third-order valence-corrected chi connectivity index (χ3v) is 5.91. The van der Waals surface area contributed by atoms with Gasteiger partial charge in [-0.25, -0.2) is 9.97 Å². The number of carbonyl (C=O) groups excluding carboxylic acids is 1. The molecule has 1 amide bonds. The summed E-state index contributed by atoms with van der Waals surface area (Å²) in [5, 5.41) is 0. The summed E-state index contributed by atoms with van der Waals surface area (Å²) in [5.74, 6) is 1.38. The Hall–Kier alpha value is -2.47. The molecule has 0 N–H and O–H groups in total. The molecular formula is C23H31N5O. The fourth-order valence-electron chi connectivity index (χ4n) is 4.29. The van der Waals surface area contributed by atoms with Gasteiger partial charge in [-0.2, -0.15) is 0 Å². The van der Waals surface area contributed by atoms with Crippen molar-refractivity contribution in [3.05, 3.63) is 53.3 Å². The van der Waals surface area contributed by atoms with Gasteiger partial charge in [0.2, 0.25) is 5.95 Å². The molecule has 1 aromatic heterocycles. The average Bonchev–Trinajstić information content (AvgIpc) is 2.74. The van der Waals surface area contributed by atoms with Gasteiger partial charge >= 0.3 is 0 Å². The maximum Gasteiger partial charge on any atom is 0.272 e. The quantitative estimate of drug-likeness (QED) is 0.799. The number of aromatic nitrogens is 2. The summed E-state index contributed by atoms with van der Waals surface area (Å²) in [6.07, 6.45) is 2.41. The fraction of sp³-hybridized carbons (Fsp3) is 0.522. The number of hydrogen-bond donors (Lipinski definition) is 0. The molecule has 0 aliphatic carbocycles. The minimum Gasteiger partial charge on any atom is -0.341 e. The highest BCUT2D eigenvalue weighted by atomic mass is 16.2. The Morgan fingerprint density at radius 2 is 1.83 bits per heavy atom. The second-order valence-corrected chi connectivity index (χ2v) is 8.44. The van der Waals surface area contributed by atoms with Gasteiger partial charge < -0.3 is 9.80 Å². The first-order valence-corrected chi connectivity index (χ1v) is 10.7. The molecule has 6 heteroatoms. The molecule has 1 aromatic carbocycles. The van der Waals surface area contributed by atoms with E-state index in [-0.39, 0.29) is 5.91 Å². The number of benzene rings is 1. The molecule has 29 heavy (non-hydrogen) atoms. The predicted octanol–water partition coefficient (Wildman–Crippen LogP) is 2.98. The number of rotatable bonds is 4. The lowest BCUT2D eigenvalue weighted by atomic mass is 10.0. The number of anilines is 1. The van der Waals surface area contributed by atoms with Crippen molar-refractivity contribution in [2.45, 2.75) is 33.2 Å². The first-order valence-electron chi connectivity index (χ1n) is 10.7. The van der Waals surface area contributed by atoms with E-state index in [1.807, 2.05) is 24.0 Å². The molecule has 0 radical (unpaired) electrons. The van der Waals surface area contributed by atoms with Crippen molar-refractivity contribution in [2.75, 3.05) is 44.2 Å². The van der Waals surface area contributed by atoms with Crippen LogP contribution in [-0.4, -0.2) is 64.9 Å². The minimum atomic E-state index is 0.0289. The zero-order chi connectivity index (χ0) is 20.2. The van der Waals surface area contributed by atoms with Crippen LogP contribution in [0.2, 0.25) is 0 Å². The highest BCUT2D eigenvalue weighted by Gasteiger charge is 2.25. The van der Waals surface area contributed by atoms with Gasteiger partial charge in [0.1, 0.15) is 5.69 Å². The van der Waals surface area contributed by atoms with E-state index in [1.165, 1.54) is 12.0 Å². The molecule has 2 saturated heterocycles. The topological polar surface area (TPSA) is 52.6 Å². The van der Waals surface area contributed by atoms with Gasteiger partial charge in [0.05, 0.1) is 0 Å². The summed E-state index contributed by atoms with van der Waals surface area (Å²) >= 11 is 0. The van der Waals surface area contributed by atoms with Gasteiger partial charge in [0.15, 0.2) is 0 Å². The number of piperazine rings is 1. The van der Waals surface area contributed by atoms with Crippen molar-refractivity contribution in [3.8, 4) is 0 Å². The molecule has 0 saturated carbocycles. The van der Waals surface area contributed by atoms with Crippen LogP contribution in [0.1, 0.15) is 41.5 Å². The van der Waals surface area contributed by atoms with Crippen LogP contribution >= 0.6 is 0 Å². The van der Waals surface area contributed by atoms with Crippen LogP contribution in [0, 0.1) is 12.8 Å². The Balaban J connectivity index is 1.39. The standard InChI is InChI=1S/C23H31N5O/c1-18-7-6-10-28(16-18)23-24-19(2)15-21(25-23)22(29)27-13-11-26(12-14-27)17-20-8-4-3-5-9-20/h3-5,8-9,15,18H,6-7,10-14,16-17H2,1-2H3. The van der Waals surface area contributed by atoms with Gasteiger partial charge in [-0.1, -0.05) is 37.3 Å². The summed E-state index contributed by atoms with van der Waals surface area (Å²) < 4.78 is 0. The van der Waals surface area contributed by atoms with E-state index in [4.69, 9.17) is 0 Å². The number of aryl methyl sites for hydroxylation is 1. The van der Waals surface area contributed by atoms with Gasteiger partial charge in [0.25, 0.3) is 5.91 Å². The largest absolute Gasteiger partial charge is 0.341 e. The molecular weight excluding hydrogens is 362 g/mol. The van der Waals surface area contributed by atoms with E-state index in [1.54, 1.807) is 0 Å². The zero-order valence-electron chi connectivity index (χ0n) is 17.5. The molecule has 4 rings (SSSR count). The second kappa shape index (κ2) is 8.91. The number of carbonyl (C=O) groups is 1. The SMILES string of the molecule is Cc1cc(C(=O)N2CCN(Cc3ccccc3)CC2)nc(N2CCCC(C)C2)n1. The number of hydrogen-bond acceptors (Lipinski definition) is 5. The Labute approximate surface area is 173 Å². The maximum atomic E-state index is 13.1. The molecule has 2 fully saturated rings. The van der Waals surface area contributed by atoms with E-state index in [0.29, 0.717) is 17.6 Å². The molecule has 0 spiro atoms. The van der Waals surface area contributed by atoms with Crippen LogP contribution < -0.4 is 4.90 Å². The van der Waals surface area contributed by atoms with Gasteiger partial charge in [0, 0.05) is 51.5 Å². The fourth-order valence-corrected chi connectivity index (χ4v) is 4.29. The van der Waals surface area contributed by atoms with Gasteiger partial charge in [-0.3, -0.25) is 9.69 Å². The number of piperidine rings is 1. The Bertz CT molecular complexity index is 832. The van der Waals surface area contributed by atoms with E-state index < -0.39 is 0 Å². The summed E-state index contributed by atoms with van der Waals surface area (Å²) in [5.41, 5.74) is 2.71. The van der Waals surface area contributed by atoms with Crippen LogP contribution in [0.4, 0.5) is 5.95 Å².